The van der Waals surface area contributed by atoms with Gasteiger partial charge in [-0.2, -0.15) is 4.31 Å². The normalized spacial score (nSPS) is 25.7. The molecular formula is C23H32N4O6S. The number of carbonyl (C=O) groups is 2. The summed E-state index contributed by atoms with van der Waals surface area (Å²) >= 11 is 0. The topological polar surface area (TPSA) is 108 Å². The molecule has 3 saturated heterocycles. The van der Waals surface area contributed by atoms with Crippen LogP contribution in [0, 0.1) is 0 Å². The van der Waals surface area contributed by atoms with Gasteiger partial charge in [0.15, 0.2) is 0 Å². The third-order valence-corrected chi connectivity index (χ3v) is 8.91. The zero-order valence-corrected chi connectivity index (χ0v) is 20.1. The summed E-state index contributed by atoms with van der Waals surface area (Å²) in [5.74, 6) is -0.471. The van der Waals surface area contributed by atoms with Crippen LogP contribution in [-0.2, 0) is 29.1 Å². The van der Waals surface area contributed by atoms with Crippen LogP contribution in [-0.4, -0.2) is 89.2 Å². The van der Waals surface area contributed by atoms with Crippen molar-refractivity contribution in [1.82, 2.24) is 9.62 Å². The fraction of sp³-hybridized carbons (Fsp3) is 0.652. The van der Waals surface area contributed by atoms with Crippen molar-refractivity contribution in [2.24, 2.45) is 0 Å². The summed E-state index contributed by atoms with van der Waals surface area (Å²) in [6.45, 7) is 3.33. The third-order valence-electron chi connectivity index (χ3n) is 7.02. The Morgan fingerprint density at radius 2 is 1.85 bits per heavy atom. The van der Waals surface area contributed by atoms with Crippen LogP contribution < -0.4 is 15.1 Å². The molecule has 4 heterocycles. The highest BCUT2D eigenvalue weighted by Crippen LogP contribution is 2.41. The van der Waals surface area contributed by atoms with Crippen LogP contribution in [0.4, 0.5) is 11.4 Å². The quantitative estimate of drug-likeness (QED) is 0.623. The zero-order valence-electron chi connectivity index (χ0n) is 19.3. The summed E-state index contributed by atoms with van der Waals surface area (Å²) < 4.78 is 38.8. The molecule has 0 saturated carbocycles. The first-order valence-corrected chi connectivity index (χ1v) is 13.6. The molecular weight excluding hydrogens is 460 g/mol. The molecule has 0 spiro atoms. The van der Waals surface area contributed by atoms with E-state index < -0.39 is 10.0 Å². The molecule has 1 N–H and O–H groups in total. The molecule has 0 aliphatic carbocycles. The van der Waals surface area contributed by atoms with Gasteiger partial charge in [-0.3, -0.25) is 14.5 Å². The Morgan fingerprint density at radius 3 is 2.62 bits per heavy atom. The Hall–Kier alpha value is -2.21. The van der Waals surface area contributed by atoms with Crippen molar-refractivity contribution in [2.45, 2.75) is 49.1 Å². The summed E-state index contributed by atoms with van der Waals surface area (Å²) in [5.41, 5.74) is 1.29. The van der Waals surface area contributed by atoms with E-state index >= 15 is 0 Å². The summed E-state index contributed by atoms with van der Waals surface area (Å²) in [5, 5.41) is 2.83. The summed E-state index contributed by atoms with van der Waals surface area (Å²) in [4.78, 5) is 30.0. The van der Waals surface area contributed by atoms with Gasteiger partial charge in [0, 0.05) is 26.2 Å². The molecule has 2 amide bonds. The van der Waals surface area contributed by atoms with Crippen molar-refractivity contribution in [3.63, 3.8) is 0 Å². The first kappa shape index (κ1) is 23.5. The monoisotopic (exact) mass is 492 g/mol. The van der Waals surface area contributed by atoms with E-state index in [0.29, 0.717) is 45.1 Å². The van der Waals surface area contributed by atoms with Gasteiger partial charge in [-0.15, -0.1) is 0 Å². The fourth-order valence-corrected chi connectivity index (χ4v) is 6.76. The van der Waals surface area contributed by atoms with E-state index in [2.05, 4.69) is 10.2 Å². The van der Waals surface area contributed by atoms with Gasteiger partial charge in [-0.05, 0) is 50.3 Å². The van der Waals surface area contributed by atoms with E-state index in [1.54, 1.807) is 18.2 Å². The van der Waals surface area contributed by atoms with Crippen LogP contribution in [0.25, 0.3) is 0 Å². The minimum atomic E-state index is -3.65. The van der Waals surface area contributed by atoms with Crippen molar-refractivity contribution in [3.05, 3.63) is 18.2 Å². The lowest BCUT2D eigenvalue weighted by atomic mass is 9.96. The number of rotatable bonds is 6. The van der Waals surface area contributed by atoms with Crippen molar-refractivity contribution in [3.8, 4) is 0 Å². The molecule has 0 unspecified atom stereocenters. The standard InChI is InChI=1S/C23H32N4O6S/c28-22(24-14-17-16-32-11-12-33-17)15-27-21-13-18(34(30,31)25-8-3-4-9-25)6-7-19(21)26-10-2-1-5-20(26)23(27)29/h6-7,13,17,20H,1-5,8-12,14-16H2,(H,24,28)/t17-,20+/m1/s1. The van der Waals surface area contributed by atoms with Crippen LogP contribution in [0.3, 0.4) is 0 Å². The average Bonchev–Trinajstić information content (AvgIpc) is 3.42. The number of amides is 2. The molecule has 186 valence electrons. The van der Waals surface area contributed by atoms with Crippen LogP contribution in [0.2, 0.25) is 0 Å². The second-order valence-electron chi connectivity index (χ2n) is 9.26. The fourth-order valence-electron chi connectivity index (χ4n) is 5.22. The second-order valence-corrected chi connectivity index (χ2v) is 11.2. The SMILES string of the molecule is O=C(CN1C(=O)[C@@H]2CCCCN2c2ccc(S(=O)(=O)N3CCCC3)cc21)NC[C@@H]1COCCO1. The molecule has 1 aromatic carbocycles. The Morgan fingerprint density at radius 1 is 1.06 bits per heavy atom. The van der Waals surface area contributed by atoms with Gasteiger partial charge in [0.25, 0.3) is 0 Å². The summed E-state index contributed by atoms with van der Waals surface area (Å²) in [6, 6.07) is 4.66. The molecule has 0 aromatic heterocycles. The Balaban J connectivity index is 1.41. The number of ether oxygens (including phenoxy) is 2. The van der Waals surface area contributed by atoms with Crippen LogP contribution in [0.15, 0.2) is 23.1 Å². The largest absolute Gasteiger partial charge is 0.376 e. The van der Waals surface area contributed by atoms with E-state index in [1.807, 2.05) is 0 Å². The van der Waals surface area contributed by atoms with Gasteiger partial charge in [-0.1, -0.05) is 0 Å². The van der Waals surface area contributed by atoms with Gasteiger partial charge < -0.3 is 19.7 Å². The maximum absolute atomic E-state index is 13.5. The first-order valence-electron chi connectivity index (χ1n) is 12.1. The Bertz CT molecular complexity index is 1040. The molecule has 5 rings (SSSR count). The average molecular weight is 493 g/mol. The number of hydrogen-bond donors (Lipinski definition) is 1. The lowest BCUT2D eigenvalue weighted by Gasteiger charge is -2.45. The highest BCUT2D eigenvalue weighted by atomic mass is 32.2. The van der Waals surface area contributed by atoms with Crippen LogP contribution >= 0.6 is 0 Å². The highest BCUT2D eigenvalue weighted by Gasteiger charge is 2.41. The number of nitrogens with one attached hydrogen (secondary N) is 1. The van der Waals surface area contributed by atoms with E-state index in [0.717, 1.165) is 44.3 Å². The minimum absolute atomic E-state index is 0.157. The van der Waals surface area contributed by atoms with E-state index in [-0.39, 0.29) is 35.4 Å². The number of carbonyl (C=O) groups excluding carboxylic acids is 2. The molecule has 4 aliphatic rings. The molecule has 3 fully saturated rings. The molecule has 4 aliphatic heterocycles. The van der Waals surface area contributed by atoms with Gasteiger partial charge >= 0.3 is 0 Å². The maximum Gasteiger partial charge on any atom is 0.250 e. The van der Waals surface area contributed by atoms with Gasteiger partial charge in [0.05, 0.1) is 42.2 Å². The lowest BCUT2D eigenvalue weighted by Crippen LogP contribution is -2.57. The number of benzene rings is 1. The number of fused-ring (bicyclic) bond motifs is 3. The van der Waals surface area contributed by atoms with E-state index in [9.17, 15) is 18.0 Å². The molecule has 0 radical (unpaired) electrons. The number of nitrogens with zero attached hydrogens (tertiary/aromatic N) is 3. The second kappa shape index (κ2) is 9.80. The molecule has 2 atom stereocenters. The highest BCUT2D eigenvalue weighted by molar-refractivity contribution is 7.89. The lowest BCUT2D eigenvalue weighted by molar-refractivity contribution is -0.126. The summed E-state index contributed by atoms with van der Waals surface area (Å²) in [7, 11) is -3.65. The number of piperidine rings is 1. The molecule has 0 bridgehead atoms. The molecule has 34 heavy (non-hydrogen) atoms. The van der Waals surface area contributed by atoms with E-state index in [4.69, 9.17) is 9.47 Å². The van der Waals surface area contributed by atoms with E-state index in [1.165, 1.54) is 9.21 Å². The maximum atomic E-state index is 13.5. The Labute approximate surface area is 200 Å². The zero-order chi connectivity index (χ0) is 23.7. The predicted molar refractivity (Wildman–Crippen MR) is 125 cm³/mol. The van der Waals surface area contributed by atoms with Crippen LogP contribution in [0.1, 0.15) is 32.1 Å². The van der Waals surface area contributed by atoms with Crippen molar-refractivity contribution in [2.75, 3.05) is 62.3 Å². The smallest absolute Gasteiger partial charge is 0.250 e. The van der Waals surface area contributed by atoms with Gasteiger partial charge in [0.1, 0.15) is 12.6 Å². The Kier molecular flexibility index (Phi) is 6.79. The number of hydrogen-bond acceptors (Lipinski definition) is 7. The third kappa shape index (κ3) is 4.53. The summed E-state index contributed by atoms with van der Waals surface area (Å²) in [6.07, 6.45) is 4.12. The van der Waals surface area contributed by atoms with Crippen molar-refractivity contribution in [1.29, 1.82) is 0 Å². The van der Waals surface area contributed by atoms with Gasteiger partial charge in [0.2, 0.25) is 21.8 Å². The predicted octanol–water partition coefficient (Wildman–Crippen LogP) is 0.708. The molecule has 11 heteroatoms. The molecule has 10 nitrogen and oxygen atoms in total. The first-order chi connectivity index (χ1) is 16.4. The molecule has 1 aromatic rings. The van der Waals surface area contributed by atoms with Gasteiger partial charge in [-0.25, -0.2) is 8.42 Å². The van der Waals surface area contributed by atoms with Crippen molar-refractivity contribution < 1.29 is 27.5 Å². The minimum Gasteiger partial charge on any atom is -0.376 e. The number of sulfonamides is 1. The van der Waals surface area contributed by atoms with Crippen molar-refractivity contribution >= 4 is 33.2 Å². The van der Waals surface area contributed by atoms with Crippen LogP contribution in [0.5, 0.6) is 0 Å². The number of anilines is 2.